The second-order valence-corrected chi connectivity index (χ2v) is 8.90. The molecule has 0 atom stereocenters. The van der Waals surface area contributed by atoms with Gasteiger partial charge in [0.2, 0.25) is 0 Å². The Bertz CT molecular complexity index is 1190. The van der Waals surface area contributed by atoms with Crippen LogP contribution in [0.15, 0.2) is 70.6 Å². The maximum absolute atomic E-state index is 13.2. The fourth-order valence-corrected chi connectivity index (χ4v) is 4.97. The summed E-state index contributed by atoms with van der Waals surface area (Å²) in [7, 11) is 0. The van der Waals surface area contributed by atoms with Crippen molar-refractivity contribution in [3.8, 4) is 11.4 Å². The van der Waals surface area contributed by atoms with E-state index in [4.69, 9.17) is 9.73 Å². The van der Waals surface area contributed by atoms with Gasteiger partial charge in [-0.15, -0.1) is 0 Å². The van der Waals surface area contributed by atoms with Gasteiger partial charge < -0.3 is 9.30 Å². The number of rotatable bonds is 7. The van der Waals surface area contributed by atoms with Gasteiger partial charge >= 0.3 is 0 Å². The summed E-state index contributed by atoms with van der Waals surface area (Å²) in [6.07, 6.45) is 2.87. The summed E-state index contributed by atoms with van der Waals surface area (Å²) in [5.41, 5.74) is 5.16. The van der Waals surface area contributed by atoms with Crippen LogP contribution in [0.1, 0.15) is 37.2 Å². The Morgan fingerprint density at radius 1 is 1.03 bits per heavy atom. The molecule has 4 rings (SSSR count). The number of aliphatic imine (C=N–C) groups is 1. The minimum atomic E-state index is 0.0161. The Hall–Kier alpha value is -3.25. The van der Waals surface area contributed by atoms with Crippen LogP contribution in [-0.2, 0) is 4.79 Å². The smallest absolute Gasteiger partial charge is 0.266 e. The lowest BCUT2D eigenvalue weighted by molar-refractivity contribution is -0.122. The van der Waals surface area contributed by atoms with E-state index in [9.17, 15) is 4.79 Å². The quantitative estimate of drug-likeness (QED) is 0.379. The van der Waals surface area contributed by atoms with E-state index in [1.165, 1.54) is 11.8 Å². The third-order valence-electron chi connectivity index (χ3n) is 5.48. The Labute approximate surface area is 199 Å². The molecule has 0 bridgehead atoms. The minimum Gasteiger partial charge on any atom is -0.494 e. The molecule has 0 spiro atoms. The van der Waals surface area contributed by atoms with Crippen LogP contribution in [0.25, 0.3) is 11.8 Å². The minimum absolute atomic E-state index is 0.0161. The molecule has 1 fully saturated rings. The number of carbonyl (C=O) groups is 1. The number of aryl methyl sites for hydroxylation is 1. The third kappa shape index (κ3) is 4.91. The molecule has 1 aliphatic heterocycles. The number of thioether (sulfide) groups is 1. The Kier molecular flexibility index (Phi) is 7.04. The van der Waals surface area contributed by atoms with E-state index in [2.05, 4.69) is 43.5 Å². The summed E-state index contributed by atoms with van der Waals surface area (Å²) in [6.45, 7) is 9.52. The molecule has 2 aromatic carbocycles. The molecule has 1 aromatic heterocycles. The first-order chi connectivity index (χ1) is 16.0. The fraction of sp³-hybridized carbons (Fsp3) is 0.259. The van der Waals surface area contributed by atoms with Gasteiger partial charge in [-0.25, -0.2) is 4.99 Å². The van der Waals surface area contributed by atoms with Crippen LogP contribution in [0, 0.1) is 13.8 Å². The molecule has 3 aromatic rings. The van der Waals surface area contributed by atoms with Crippen LogP contribution in [-0.4, -0.2) is 33.7 Å². The van der Waals surface area contributed by atoms with Crippen LogP contribution in [0.4, 0.5) is 5.69 Å². The van der Waals surface area contributed by atoms with Gasteiger partial charge in [0.25, 0.3) is 5.91 Å². The second kappa shape index (κ2) is 10.1. The first kappa shape index (κ1) is 22.9. The van der Waals surface area contributed by atoms with E-state index in [1.807, 2.05) is 55.5 Å². The fourth-order valence-electron chi connectivity index (χ4n) is 3.96. The molecule has 0 aliphatic carbocycles. The predicted molar refractivity (Wildman–Crippen MR) is 138 cm³/mol. The highest BCUT2D eigenvalue weighted by atomic mass is 32.2. The molecule has 170 valence electrons. The third-order valence-corrected chi connectivity index (χ3v) is 6.49. The number of hydrogen-bond donors (Lipinski definition) is 0. The lowest BCUT2D eigenvalue weighted by atomic mass is 10.2. The number of amides is 1. The van der Waals surface area contributed by atoms with E-state index in [0.717, 1.165) is 45.7 Å². The topological polar surface area (TPSA) is 46.8 Å². The first-order valence-electron chi connectivity index (χ1n) is 11.3. The molecule has 1 amide bonds. The Balaban J connectivity index is 1.66. The van der Waals surface area contributed by atoms with Crippen molar-refractivity contribution in [3.63, 3.8) is 0 Å². The number of hydrogen-bond acceptors (Lipinski definition) is 4. The van der Waals surface area contributed by atoms with Crippen molar-refractivity contribution < 1.29 is 9.53 Å². The van der Waals surface area contributed by atoms with Gasteiger partial charge in [0.1, 0.15) is 5.75 Å². The van der Waals surface area contributed by atoms with E-state index in [0.29, 0.717) is 18.1 Å². The standard InChI is InChI=1S/C27H29N3O2S/c1-5-16-29-26(31)25(33-27(29)28-22-10-8-7-9-11-22)18-21-17-19(3)30(20(21)4)23-12-14-24(15-13-23)32-6-2/h7-15,17-18H,5-6,16H2,1-4H3. The van der Waals surface area contributed by atoms with E-state index < -0.39 is 0 Å². The van der Waals surface area contributed by atoms with Crippen molar-refractivity contribution >= 4 is 34.6 Å². The number of carbonyl (C=O) groups excluding carboxylic acids is 1. The zero-order valence-electron chi connectivity index (χ0n) is 19.5. The van der Waals surface area contributed by atoms with Crippen molar-refractivity contribution in [3.05, 3.63) is 82.5 Å². The number of nitrogens with zero attached hydrogens (tertiary/aromatic N) is 3. The molecule has 0 saturated carbocycles. The molecular formula is C27H29N3O2S. The summed E-state index contributed by atoms with van der Waals surface area (Å²) in [5, 5.41) is 0.736. The second-order valence-electron chi connectivity index (χ2n) is 7.89. The lowest BCUT2D eigenvalue weighted by Crippen LogP contribution is -2.29. The monoisotopic (exact) mass is 459 g/mol. The Morgan fingerprint density at radius 3 is 2.42 bits per heavy atom. The summed E-state index contributed by atoms with van der Waals surface area (Å²) in [6, 6.07) is 20.0. The van der Waals surface area contributed by atoms with Gasteiger partial charge in [-0.3, -0.25) is 9.69 Å². The summed E-state index contributed by atoms with van der Waals surface area (Å²) < 4.78 is 7.77. The molecule has 2 heterocycles. The molecule has 0 radical (unpaired) electrons. The summed E-state index contributed by atoms with van der Waals surface area (Å²) >= 11 is 1.45. The molecule has 6 heteroatoms. The van der Waals surface area contributed by atoms with E-state index >= 15 is 0 Å². The van der Waals surface area contributed by atoms with Crippen molar-refractivity contribution in [2.75, 3.05) is 13.2 Å². The zero-order valence-corrected chi connectivity index (χ0v) is 20.4. The molecule has 0 unspecified atom stereocenters. The SMILES string of the molecule is CCCN1C(=O)C(=Cc2cc(C)n(-c3ccc(OCC)cc3)c2C)SC1=Nc1ccccc1. The molecular weight excluding hydrogens is 430 g/mol. The number of para-hydroxylation sites is 1. The van der Waals surface area contributed by atoms with Gasteiger partial charge in [-0.2, -0.15) is 0 Å². The number of amidine groups is 1. The van der Waals surface area contributed by atoms with Gasteiger partial charge in [0, 0.05) is 23.6 Å². The lowest BCUT2D eigenvalue weighted by Gasteiger charge is -2.13. The average molecular weight is 460 g/mol. The van der Waals surface area contributed by atoms with Crippen molar-refractivity contribution in [2.45, 2.75) is 34.1 Å². The highest BCUT2D eigenvalue weighted by Gasteiger charge is 2.33. The highest BCUT2D eigenvalue weighted by Crippen LogP contribution is 2.35. The van der Waals surface area contributed by atoms with Crippen LogP contribution in [0.2, 0.25) is 0 Å². The molecule has 1 saturated heterocycles. The van der Waals surface area contributed by atoms with Crippen molar-refractivity contribution in [2.24, 2.45) is 4.99 Å². The number of aromatic nitrogens is 1. The van der Waals surface area contributed by atoms with Gasteiger partial charge in [0.15, 0.2) is 5.17 Å². The largest absolute Gasteiger partial charge is 0.494 e. The van der Waals surface area contributed by atoms with Gasteiger partial charge in [-0.1, -0.05) is 25.1 Å². The molecule has 0 N–H and O–H groups in total. The van der Waals surface area contributed by atoms with Gasteiger partial charge in [-0.05, 0) is 93.1 Å². The average Bonchev–Trinajstić information content (AvgIpc) is 3.25. The molecule has 1 aliphatic rings. The molecule has 5 nitrogen and oxygen atoms in total. The Morgan fingerprint density at radius 2 is 1.76 bits per heavy atom. The van der Waals surface area contributed by atoms with Crippen molar-refractivity contribution in [1.29, 1.82) is 0 Å². The first-order valence-corrected chi connectivity index (χ1v) is 12.1. The number of benzene rings is 2. The predicted octanol–water partition coefficient (Wildman–Crippen LogP) is 6.51. The van der Waals surface area contributed by atoms with E-state index in [1.54, 1.807) is 4.90 Å². The summed E-state index contributed by atoms with van der Waals surface area (Å²) in [5.74, 6) is 0.877. The zero-order chi connectivity index (χ0) is 23.4. The van der Waals surface area contributed by atoms with E-state index in [-0.39, 0.29) is 5.91 Å². The highest BCUT2D eigenvalue weighted by molar-refractivity contribution is 8.18. The van der Waals surface area contributed by atoms with Gasteiger partial charge in [0.05, 0.1) is 17.2 Å². The van der Waals surface area contributed by atoms with Crippen LogP contribution >= 0.6 is 11.8 Å². The van der Waals surface area contributed by atoms with Crippen LogP contribution in [0.3, 0.4) is 0 Å². The maximum atomic E-state index is 13.2. The number of ether oxygens (including phenoxy) is 1. The maximum Gasteiger partial charge on any atom is 0.266 e. The summed E-state index contributed by atoms with van der Waals surface area (Å²) in [4.78, 5) is 20.4. The van der Waals surface area contributed by atoms with Crippen LogP contribution in [0.5, 0.6) is 5.75 Å². The van der Waals surface area contributed by atoms with Crippen LogP contribution < -0.4 is 4.74 Å². The normalized spacial score (nSPS) is 16.2. The van der Waals surface area contributed by atoms with Crippen molar-refractivity contribution in [1.82, 2.24) is 9.47 Å². The molecule has 33 heavy (non-hydrogen) atoms.